The summed E-state index contributed by atoms with van der Waals surface area (Å²) < 4.78 is 4.84. The Labute approximate surface area is 84.4 Å². The molecule has 1 atom stereocenters. The van der Waals surface area contributed by atoms with E-state index in [0.717, 1.165) is 24.8 Å². The number of esters is 1. The summed E-state index contributed by atoms with van der Waals surface area (Å²) in [4.78, 5) is 11.4. The third kappa shape index (κ3) is 2.14. The second-order valence-electron chi connectivity index (χ2n) is 3.53. The SMILES string of the molecule is CCOC(=O)/C(C#N)=C1/CCCC1C. The molecule has 0 N–H and O–H groups in total. The zero-order valence-electron chi connectivity index (χ0n) is 8.67. The predicted octanol–water partition coefficient (Wildman–Crippen LogP) is 2.19. The van der Waals surface area contributed by atoms with E-state index in [1.165, 1.54) is 0 Å². The summed E-state index contributed by atoms with van der Waals surface area (Å²) in [5.41, 5.74) is 1.21. The third-order valence-electron chi connectivity index (χ3n) is 2.59. The molecule has 0 heterocycles. The van der Waals surface area contributed by atoms with Crippen LogP contribution in [0.1, 0.15) is 33.1 Å². The van der Waals surface area contributed by atoms with Crippen molar-refractivity contribution in [2.45, 2.75) is 33.1 Å². The summed E-state index contributed by atoms with van der Waals surface area (Å²) in [7, 11) is 0. The van der Waals surface area contributed by atoms with Gasteiger partial charge >= 0.3 is 5.97 Å². The maximum absolute atomic E-state index is 11.4. The number of allylic oxidation sites excluding steroid dienone is 1. The zero-order chi connectivity index (χ0) is 10.6. The lowest BCUT2D eigenvalue weighted by Gasteiger charge is -2.07. The van der Waals surface area contributed by atoms with Gasteiger partial charge in [0.2, 0.25) is 0 Å². The smallest absolute Gasteiger partial charge is 0.348 e. The Morgan fingerprint density at radius 1 is 1.71 bits per heavy atom. The molecule has 1 fully saturated rings. The quantitative estimate of drug-likeness (QED) is 0.383. The molecule has 0 aliphatic heterocycles. The lowest BCUT2D eigenvalue weighted by molar-refractivity contribution is -0.138. The molecule has 0 aromatic carbocycles. The van der Waals surface area contributed by atoms with E-state index in [9.17, 15) is 4.79 Å². The molecule has 0 saturated heterocycles. The minimum absolute atomic E-state index is 0.233. The molecule has 0 spiro atoms. The topological polar surface area (TPSA) is 50.1 Å². The van der Waals surface area contributed by atoms with Crippen LogP contribution in [-0.2, 0) is 9.53 Å². The van der Waals surface area contributed by atoms with Gasteiger partial charge in [-0.25, -0.2) is 4.79 Å². The van der Waals surface area contributed by atoms with Gasteiger partial charge in [-0.1, -0.05) is 6.92 Å². The van der Waals surface area contributed by atoms with E-state index >= 15 is 0 Å². The van der Waals surface area contributed by atoms with Gasteiger partial charge in [0.05, 0.1) is 6.61 Å². The molecule has 14 heavy (non-hydrogen) atoms. The van der Waals surface area contributed by atoms with Gasteiger partial charge in [0.25, 0.3) is 0 Å². The van der Waals surface area contributed by atoms with Gasteiger partial charge in [-0.2, -0.15) is 5.26 Å². The van der Waals surface area contributed by atoms with Crippen molar-refractivity contribution in [3.63, 3.8) is 0 Å². The predicted molar refractivity (Wildman–Crippen MR) is 52.3 cm³/mol. The molecule has 0 bridgehead atoms. The minimum Gasteiger partial charge on any atom is -0.462 e. The number of carbonyl (C=O) groups excluding carboxylic acids is 1. The number of nitrogens with zero attached hydrogens (tertiary/aromatic N) is 1. The van der Waals surface area contributed by atoms with Crippen molar-refractivity contribution < 1.29 is 9.53 Å². The van der Waals surface area contributed by atoms with Gasteiger partial charge in [-0.05, 0) is 37.7 Å². The molecule has 1 unspecified atom stereocenters. The van der Waals surface area contributed by atoms with Crippen molar-refractivity contribution in [3.8, 4) is 6.07 Å². The van der Waals surface area contributed by atoms with Crippen molar-refractivity contribution >= 4 is 5.97 Å². The van der Waals surface area contributed by atoms with Crippen LogP contribution in [0.25, 0.3) is 0 Å². The molecule has 76 valence electrons. The van der Waals surface area contributed by atoms with Crippen molar-refractivity contribution in [1.29, 1.82) is 5.26 Å². The van der Waals surface area contributed by atoms with Crippen LogP contribution in [0.15, 0.2) is 11.1 Å². The first-order valence-electron chi connectivity index (χ1n) is 5.01. The van der Waals surface area contributed by atoms with Crippen molar-refractivity contribution in [2.75, 3.05) is 6.61 Å². The number of hydrogen-bond acceptors (Lipinski definition) is 3. The Kier molecular flexibility index (Phi) is 3.70. The molecule has 1 aliphatic rings. The molecular formula is C11H15NO2. The monoisotopic (exact) mass is 193 g/mol. The summed E-state index contributed by atoms with van der Waals surface area (Å²) in [6.45, 7) is 4.13. The highest BCUT2D eigenvalue weighted by Crippen LogP contribution is 2.33. The highest BCUT2D eigenvalue weighted by atomic mass is 16.5. The van der Waals surface area contributed by atoms with Crippen LogP contribution in [0.2, 0.25) is 0 Å². The number of rotatable bonds is 2. The van der Waals surface area contributed by atoms with Crippen LogP contribution < -0.4 is 0 Å². The first-order valence-corrected chi connectivity index (χ1v) is 5.01. The lowest BCUT2D eigenvalue weighted by atomic mass is 10.00. The highest BCUT2D eigenvalue weighted by molar-refractivity contribution is 5.93. The molecule has 0 radical (unpaired) electrons. The van der Waals surface area contributed by atoms with Crippen molar-refractivity contribution in [1.82, 2.24) is 0 Å². The van der Waals surface area contributed by atoms with Gasteiger partial charge in [0, 0.05) is 0 Å². The maximum Gasteiger partial charge on any atom is 0.348 e. The standard InChI is InChI=1S/C11H15NO2/c1-3-14-11(13)10(7-12)9-6-4-5-8(9)2/h8H,3-6H2,1-2H3/b10-9-. The molecular weight excluding hydrogens is 178 g/mol. The van der Waals surface area contributed by atoms with Gasteiger partial charge < -0.3 is 4.74 Å². The lowest BCUT2D eigenvalue weighted by Crippen LogP contribution is -2.10. The number of hydrogen-bond donors (Lipinski definition) is 0. The molecule has 3 nitrogen and oxygen atoms in total. The zero-order valence-corrected chi connectivity index (χ0v) is 8.67. The molecule has 1 saturated carbocycles. The molecule has 0 amide bonds. The van der Waals surface area contributed by atoms with Crippen LogP contribution in [0, 0.1) is 17.2 Å². The van der Waals surface area contributed by atoms with Crippen LogP contribution >= 0.6 is 0 Å². The van der Waals surface area contributed by atoms with E-state index in [-0.39, 0.29) is 5.57 Å². The summed E-state index contributed by atoms with van der Waals surface area (Å²) in [6, 6.07) is 1.96. The van der Waals surface area contributed by atoms with Crippen LogP contribution in [-0.4, -0.2) is 12.6 Å². The Balaban J connectivity index is 2.90. The fourth-order valence-electron chi connectivity index (χ4n) is 1.84. The number of nitriles is 1. The first-order chi connectivity index (χ1) is 6.70. The molecule has 1 rings (SSSR count). The number of ether oxygens (including phenoxy) is 1. The molecule has 3 heteroatoms. The van der Waals surface area contributed by atoms with Gasteiger partial charge in [0.1, 0.15) is 11.6 Å². The Hall–Kier alpha value is -1.30. The van der Waals surface area contributed by atoms with E-state index in [2.05, 4.69) is 6.92 Å². The third-order valence-corrected chi connectivity index (χ3v) is 2.59. The van der Waals surface area contributed by atoms with Gasteiger partial charge in [-0.3, -0.25) is 0 Å². The van der Waals surface area contributed by atoms with E-state index in [1.807, 2.05) is 6.07 Å². The second kappa shape index (κ2) is 4.80. The largest absolute Gasteiger partial charge is 0.462 e. The molecule has 1 aliphatic carbocycles. The average molecular weight is 193 g/mol. The summed E-state index contributed by atoms with van der Waals surface area (Å²) in [6.07, 6.45) is 3.00. The number of carbonyl (C=O) groups is 1. The highest BCUT2D eigenvalue weighted by Gasteiger charge is 2.24. The van der Waals surface area contributed by atoms with Gasteiger partial charge in [0.15, 0.2) is 0 Å². The maximum atomic E-state index is 11.4. The second-order valence-corrected chi connectivity index (χ2v) is 3.53. The normalized spacial score (nSPS) is 24.2. The van der Waals surface area contributed by atoms with E-state index in [0.29, 0.717) is 12.5 Å². The van der Waals surface area contributed by atoms with Crippen molar-refractivity contribution in [3.05, 3.63) is 11.1 Å². The fraction of sp³-hybridized carbons (Fsp3) is 0.636. The summed E-state index contributed by atoms with van der Waals surface area (Å²) in [5.74, 6) is -0.104. The molecule has 0 aromatic rings. The Morgan fingerprint density at radius 3 is 2.86 bits per heavy atom. The summed E-state index contributed by atoms with van der Waals surface area (Å²) in [5, 5.41) is 8.89. The first kappa shape index (κ1) is 10.8. The fourth-order valence-corrected chi connectivity index (χ4v) is 1.84. The van der Waals surface area contributed by atoms with E-state index in [1.54, 1.807) is 6.92 Å². The van der Waals surface area contributed by atoms with Crippen LogP contribution in [0.5, 0.6) is 0 Å². The van der Waals surface area contributed by atoms with Crippen molar-refractivity contribution in [2.24, 2.45) is 5.92 Å². The summed E-state index contributed by atoms with van der Waals surface area (Å²) >= 11 is 0. The van der Waals surface area contributed by atoms with Gasteiger partial charge in [-0.15, -0.1) is 0 Å². The van der Waals surface area contributed by atoms with E-state index < -0.39 is 5.97 Å². The van der Waals surface area contributed by atoms with Crippen LogP contribution in [0.3, 0.4) is 0 Å². The average Bonchev–Trinajstić information content (AvgIpc) is 2.54. The molecule has 0 aromatic heterocycles. The van der Waals surface area contributed by atoms with Crippen LogP contribution in [0.4, 0.5) is 0 Å². The van der Waals surface area contributed by atoms with E-state index in [4.69, 9.17) is 10.00 Å². The minimum atomic E-state index is -0.459. The Bertz CT molecular complexity index is 299. The Morgan fingerprint density at radius 2 is 2.43 bits per heavy atom.